The Balaban J connectivity index is 0.00000133. The molecule has 1 fully saturated rings. The van der Waals surface area contributed by atoms with Crippen LogP contribution in [-0.4, -0.2) is 33.2 Å². The molecule has 1 saturated carbocycles. The highest BCUT2D eigenvalue weighted by molar-refractivity contribution is 7.15. The molecule has 3 aromatic rings. The van der Waals surface area contributed by atoms with Crippen molar-refractivity contribution in [3.63, 3.8) is 0 Å². The number of pyridine rings is 2. The molecule has 0 spiro atoms. The maximum absolute atomic E-state index is 7.00. The van der Waals surface area contributed by atoms with Crippen molar-refractivity contribution in [1.29, 1.82) is 0 Å². The Hall–Kier alpha value is -2.77. The first kappa shape index (κ1) is 24.4. The van der Waals surface area contributed by atoms with E-state index in [1.807, 2.05) is 31.4 Å². The van der Waals surface area contributed by atoms with Gasteiger partial charge in [-0.2, -0.15) is 0 Å². The van der Waals surface area contributed by atoms with E-state index in [9.17, 15) is 0 Å². The first-order chi connectivity index (χ1) is 16.6. The Bertz CT molecular complexity index is 1140. The Kier molecular flexibility index (Phi) is 7.95. The van der Waals surface area contributed by atoms with Crippen molar-refractivity contribution < 1.29 is 5.11 Å². The number of fused-ring (bicyclic) bond motifs is 1. The van der Waals surface area contributed by atoms with Crippen molar-refractivity contribution in [1.82, 2.24) is 15.0 Å². The van der Waals surface area contributed by atoms with Crippen molar-refractivity contribution in [2.45, 2.75) is 65.3 Å². The standard InChI is InChI=1S/C26H31N5S.CH4O/c1-4-18-9-10-19(13-18)29-23-14-25(30-20-11-16(2)28-17(3)12-20)27-15-21(23)26-31-22-7-5-6-8-24(22)32-26;1-2/h5,7,11-12,14-15,18-19H,4,6,8-10,13H2,1-3H3,(H2,27,28,29,30);2H,1H3. The van der Waals surface area contributed by atoms with E-state index in [-0.39, 0.29) is 0 Å². The van der Waals surface area contributed by atoms with Gasteiger partial charge in [0.05, 0.1) is 11.3 Å². The summed E-state index contributed by atoms with van der Waals surface area (Å²) in [5, 5.41) is 15.4. The predicted octanol–water partition coefficient (Wildman–Crippen LogP) is 6.52. The third kappa shape index (κ3) is 5.65. The number of aromatic nitrogens is 3. The number of hydrogen-bond acceptors (Lipinski definition) is 7. The van der Waals surface area contributed by atoms with Crippen molar-refractivity contribution in [2.24, 2.45) is 5.92 Å². The maximum atomic E-state index is 7.00. The molecule has 34 heavy (non-hydrogen) atoms. The lowest BCUT2D eigenvalue weighted by atomic mass is 10.1. The van der Waals surface area contributed by atoms with Gasteiger partial charge in [-0.1, -0.05) is 19.4 Å². The van der Waals surface area contributed by atoms with E-state index in [1.54, 1.807) is 0 Å². The number of aliphatic hydroxyl groups excluding tert-OH is 1. The van der Waals surface area contributed by atoms with Crippen LogP contribution in [-0.2, 0) is 6.42 Å². The molecule has 2 aliphatic rings. The molecule has 2 atom stereocenters. The Morgan fingerprint density at radius 1 is 1.09 bits per heavy atom. The van der Waals surface area contributed by atoms with E-state index in [1.165, 1.54) is 30.6 Å². The summed E-state index contributed by atoms with van der Waals surface area (Å²) < 4.78 is 0. The highest BCUT2D eigenvalue weighted by atomic mass is 32.1. The fourth-order valence-corrected chi connectivity index (χ4v) is 5.95. The highest BCUT2D eigenvalue weighted by Gasteiger charge is 2.25. The van der Waals surface area contributed by atoms with E-state index in [4.69, 9.17) is 15.1 Å². The van der Waals surface area contributed by atoms with E-state index >= 15 is 0 Å². The molecule has 2 aliphatic carbocycles. The molecule has 6 nitrogen and oxygen atoms in total. The maximum Gasteiger partial charge on any atom is 0.132 e. The molecular weight excluding hydrogens is 442 g/mol. The minimum absolute atomic E-state index is 0.508. The largest absolute Gasteiger partial charge is 0.400 e. The normalized spacial score (nSPS) is 18.7. The molecule has 2 unspecified atom stereocenters. The van der Waals surface area contributed by atoms with E-state index in [0.29, 0.717) is 6.04 Å². The second-order valence-corrected chi connectivity index (χ2v) is 10.2. The number of rotatable bonds is 6. The Morgan fingerprint density at radius 2 is 1.88 bits per heavy atom. The van der Waals surface area contributed by atoms with Gasteiger partial charge in [0.2, 0.25) is 0 Å². The highest BCUT2D eigenvalue weighted by Crippen LogP contribution is 2.38. The lowest BCUT2D eigenvalue weighted by Crippen LogP contribution is -2.16. The SMILES string of the molecule is CCC1CCC(Nc2cc(Nc3cc(C)nc(C)c3)ncc2-c2nc3c(s2)CCC=C3)C1.CO. The summed E-state index contributed by atoms with van der Waals surface area (Å²) in [6, 6.07) is 6.77. The number of nitrogens with one attached hydrogen (secondary N) is 2. The van der Waals surface area contributed by atoms with Crippen LogP contribution in [0.15, 0.2) is 30.5 Å². The first-order valence-corrected chi connectivity index (χ1v) is 13.0. The van der Waals surface area contributed by atoms with Crippen LogP contribution in [0.2, 0.25) is 0 Å². The smallest absolute Gasteiger partial charge is 0.132 e. The molecule has 3 heterocycles. The number of hydrogen-bond donors (Lipinski definition) is 3. The van der Waals surface area contributed by atoms with Gasteiger partial charge in [0, 0.05) is 53.1 Å². The molecule has 7 heteroatoms. The molecule has 0 radical (unpaired) electrons. The van der Waals surface area contributed by atoms with Crippen LogP contribution in [0.5, 0.6) is 0 Å². The fraction of sp³-hybridized carbons (Fsp3) is 0.444. The summed E-state index contributed by atoms with van der Waals surface area (Å²) in [6.07, 6.45) is 13.6. The second-order valence-electron chi connectivity index (χ2n) is 9.08. The number of aliphatic hydroxyl groups is 1. The zero-order chi connectivity index (χ0) is 24.1. The van der Waals surface area contributed by atoms with Gasteiger partial charge in [-0.05, 0) is 70.1 Å². The number of allylic oxidation sites excluding steroid dienone is 1. The fourth-order valence-electron chi connectivity index (χ4n) is 4.86. The van der Waals surface area contributed by atoms with Crippen molar-refractivity contribution >= 4 is 34.6 Å². The lowest BCUT2D eigenvalue weighted by Gasteiger charge is -2.18. The van der Waals surface area contributed by atoms with E-state index in [0.717, 1.165) is 70.7 Å². The van der Waals surface area contributed by atoms with Gasteiger partial charge < -0.3 is 15.7 Å². The predicted molar refractivity (Wildman–Crippen MR) is 143 cm³/mol. The topological polar surface area (TPSA) is 83.0 Å². The molecule has 3 N–H and O–H groups in total. The van der Waals surface area contributed by atoms with Crippen LogP contribution in [0.4, 0.5) is 17.2 Å². The summed E-state index contributed by atoms with van der Waals surface area (Å²) in [6.45, 7) is 6.34. The van der Waals surface area contributed by atoms with Crippen LogP contribution >= 0.6 is 11.3 Å². The molecule has 0 aliphatic heterocycles. The number of nitrogens with zero attached hydrogens (tertiary/aromatic N) is 3. The molecule has 5 rings (SSSR count). The van der Waals surface area contributed by atoms with Crippen LogP contribution < -0.4 is 10.6 Å². The third-order valence-corrected chi connectivity index (χ3v) is 7.67. The van der Waals surface area contributed by atoms with Gasteiger partial charge in [-0.25, -0.2) is 9.97 Å². The minimum atomic E-state index is 0.508. The first-order valence-electron chi connectivity index (χ1n) is 12.2. The lowest BCUT2D eigenvalue weighted by molar-refractivity contribution is 0.399. The van der Waals surface area contributed by atoms with Crippen LogP contribution in [0.25, 0.3) is 16.6 Å². The molecule has 180 valence electrons. The third-order valence-electron chi connectivity index (χ3n) is 6.51. The van der Waals surface area contributed by atoms with Gasteiger partial charge in [-0.15, -0.1) is 11.3 Å². The van der Waals surface area contributed by atoms with Crippen LogP contribution in [0, 0.1) is 19.8 Å². The second kappa shape index (κ2) is 11.1. The van der Waals surface area contributed by atoms with Gasteiger partial charge in [0.15, 0.2) is 0 Å². The zero-order valence-corrected chi connectivity index (χ0v) is 21.4. The summed E-state index contributed by atoms with van der Waals surface area (Å²) in [7, 11) is 1.00. The zero-order valence-electron chi connectivity index (χ0n) is 20.6. The van der Waals surface area contributed by atoms with Crippen LogP contribution in [0.3, 0.4) is 0 Å². The Morgan fingerprint density at radius 3 is 2.59 bits per heavy atom. The summed E-state index contributed by atoms with van der Waals surface area (Å²) in [5.41, 5.74) is 6.37. The van der Waals surface area contributed by atoms with Gasteiger partial charge >= 0.3 is 0 Å². The molecule has 0 saturated heterocycles. The molecule has 0 amide bonds. The van der Waals surface area contributed by atoms with Gasteiger partial charge in [-0.3, -0.25) is 4.98 Å². The molecule has 0 bridgehead atoms. The van der Waals surface area contributed by atoms with Crippen molar-refractivity contribution in [2.75, 3.05) is 17.7 Å². The summed E-state index contributed by atoms with van der Waals surface area (Å²) in [4.78, 5) is 15.6. The average Bonchev–Trinajstić information content (AvgIpc) is 3.46. The quantitative estimate of drug-likeness (QED) is 0.375. The van der Waals surface area contributed by atoms with Gasteiger partial charge in [0.1, 0.15) is 10.8 Å². The van der Waals surface area contributed by atoms with Crippen molar-refractivity contribution in [3.8, 4) is 10.6 Å². The molecular formula is C27H35N5OS. The summed E-state index contributed by atoms with van der Waals surface area (Å²) in [5.74, 6) is 1.67. The van der Waals surface area contributed by atoms with E-state index in [2.05, 4.69) is 52.9 Å². The van der Waals surface area contributed by atoms with E-state index < -0.39 is 0 Å². The van der Waals surface area contributed by atoms with Crippen LogP contribution in [0.1, 0.15) is 61.0 Å². The minimum Gasteiger partial charge on any atom is -0.400 e. The number of anilines is 3. The molecule has 0 aromatic carbocycles. The van der Waals surface area contributed by atoms with Crippen molar-refractivity contribution in [3.05, 3.63) is 52.4 Å². The average molecular weight is 478 g/mol. The summed E-state index contributed by atoms with van der Waals surface area (Å²) >= 11 is 1.81. The monoisotopic (exact) mass is 477 g/mol. The van der Waals surface area contributed by atoms with Gasteiger partial charge in [0.25, 0.3) is 0 Å². The number of thiazole rings is 1. The molecule has 3 aromatic heterocycles. The Labute approximate surface area is 206 Å². The number of aryl methyl sites for hydroxylation is 3.